The average molecular weight is 410 g/mol. The lowest BCUT2D eigenvalue weighted by Crippen LogP contribution is -2.38. The lowest BCUT2D eigenvalue weighted by molar-refractivity contribution is 0.0808. The van der Waals surface area contributed by atoms with Gasteiger partial charge in [-0.3, -0.25) is 4.57 Å². The van der Waals surface area contributed by atoms with Crippen LogP contribution in [0.5, 0.6) is 5.88 Å². The maximum Gasteiger partial charge on any atom is 0.213 e. The molecular formula is C22H24ClN5O. The van der Waals surface area contributed by atoms with E-state index in [0.29, 0.717) is 18.3 Å². The van der Waals surface area contributed by atoms with Crippen LogP contribution in [-0.2, 0) is 18.0 Å². The zero-order valence-corrected chi connectivity index (χ0v) is 17.1. The molecule has 1 N–H and O–H groups in total. The zero-order chi connectivity index (χ0) is 19.8. The summed E-state index contributed by atoms with van der Waals surface area (Å²) in [6.45, 7) is 3.72. The van der Waals surface area contributed by atoms with Gasteiger partial charge in [0.15, 0.2) is 5.82 Å². The number of ether oxygens (including phenoxy) is 1. The summed E-state index contributed by atoms with van der Waals surface area (Å²) >= 11 is 7.20. The van der Waals surface area contributed by atoms with Crippen LogP contribution in [0.4, 0.5) is 0 Å². The van der Waals surface area contributed by atoms with E-state index in [9.17, 15) is 0 Å². The fourth-order valence-electron chi connectivity index (χ4n) is 4.54. The first-order chi connectivity index (χ1) is 14.1. The van der Waals surface area contributed by atoms with Gasteiger partial charge in [-0.25, -0.2) is 4.98 Å². The molecule has 0 saturated heterocycles. The lowest BCUT2D eigenvalue weighted by Gasteiger charge is -2.40. The van der Waals surface area contributed by atoms with E-state index in [1.54, 1.807) is 12.5 Å². The third-order valence-corrected chi connectivity index (χ3v) is 6.65. The van der Waals surface area contributed by atoms with Crippen molar-refractivity contribution in [2.75, 3.05) is 0 Å². The van der Waals surface area contributed by atoms with Gasteiger partial charge in [0.2, 0.25) is 5.88 Å². The van der Waals surface area contributed by atoms with E-state index < -0.39 is 0 Å². The summed E-state index contributed by atoms with van der Waals surface area (Å²) in [4.78, 5) is 3.92. The van der Waals surface area contributed by atoms with Gasteiger partial charge in [0.25, 0.3) is 0 Å². The molecule has 150 valence electrons. The Kier molecular flexibility index (Phi) is 4.76. The first-order valence-electron chi connectivity index (χ1n) is 10.1. The van der Waals surface area contributed by atoms with E-state index in [1.165, 1.54) is 11.1 Å². The maximum atomic E-state index is 7.20. The monoisotopic (exact) mass is 409 g/mol. The molecule has 0 amide bonds. The third-order valence-electron chi connectivity index (χ3n) is 6.09. The van der Waals surface area contributed by atoms with Crippen LogP contribution in [0.1, 0.15) is 43.1 Å². The van der Waals surface area contributed by atoms with Crippen molar-refractivity contribution in [2.45, 2.75) is 50.3 Å². The molecule has 6 nitrogen and oxygen atoms in total. The van der Waals surface area contributed by atoms with Crippen molar-refractivity contribution < 1.29 is 4.74 Å². The van der Waals surface area contributed by atoms with Crippen molar-refractivity contribution >= 4 is 11.6 Å². The van der Waals surface area contributed by atoms with Gasteiger partial charge in [-0.2, -0.15) is 0 Å². The van der Waals surface area contributed by atoms with Crippen molar-refractivity contribution in [3.05, 3.63) is 65.9 Å². The Labute approximate surface area is 175 Å². The minimum atomic E-state index is -0.374. The second-order valence-electron chi connectivity index (χ2n) is 8.07. The highest BCUT2D eigenvalue weighted by Crippen LogP contribution is 2.46. The fourth-order valence-corrected chi connectivity index (χ4v) is 5.01. The highest BCUT2D eigenvalue weighted by molar-refractivity contribution is 6.24. The molecule has 0 radical (unpaired) electrons. The minimum Gasteiger partial charge on any atom is -0.474 e. The molecule has 1 saturated carbocycles. The van der Waals surface area contributed by atoms with E-state index in [1.807, 2.05) is 18.2 Å². The van der Waals surface area contributed by atoms with Crippen LogP contribution in [0.3, 0.4) is 0 Å². The van der Waals surface area contributed by atoms with Gasteiger partial charge < -0.3 is 10.1 Å². The molecular weight excluding hydrogens is 386 g/mol. The number of rotatable bonds is 3. The first kappa shape index (κ1) is 18.6. The van der Waals surface area contributed by atoms with Crippen LogP contribution in [0, 0.1) is 5.92 Å². The maximum absolute atomic E-state index is 7.20. The molecule has 3 atom stereocenters. The Morgan fingerprint density at radius 1 is 1.24 bits per heavy atom. The zero-order valence-electron chi connectivity index (χ0n) is 16.4. The predicted molar refractivity (Wildman–Crippen MR) is 111 cm³/mol. The van der Waals surface area contributed by atoms with Crippen LogP contribution in [0.15, 0.2) is 48.9 Å². The van der Waals surface area contributed by atoms with Crippen molar-refractivity contribution in [2.24, 2.45) is 5.92 Å². The van der Waals surface area contributed by atoms with Gasteiger partial charge in [-0.1, -0.05) is 25.1 Å². The Morgan fingerprint density at radius 2 is 2.17 bits per heavy atom. The Balaban J connectivity index is 1.37. The number of fused-ring (bicyclic) bond motifs is 3. The molecule has 1 aliphatic carbocycles. The molecule has 3 unspecified atom stereocenters. The quantitative estimate of drug-likeness (QED) is 0.663. The molecule has 2 aliphatic rings. The number of nitrogens with one attached hydrogen (secondary N) is 1. The van der Waals surface area contributed by atoms with Gasteiger partial charge in [0.1, 0.15) is 12.4 Å². The normalized spacial score (nSPS) is 26.3. The number of alkyl halides is 1. The summed E-state index contributed by atoms with van der Waals surface area (Å²) in [5, 5.41) is 11.7. The van der Waals surface area contributed by atoms with Gasteiger partial charge in [-0.05, 0) is 48.4 Å². The molecule has 1 fully saturated rings. The molecule has 2 aromatic heterocycles. The van der Waals surface area contributed by atoms with Gasteiger partial charge in [0, 0.05) is 18.8 Å². The van der Waals surface area contributed by atoms with Crippen LogP contribution >= 0.6 is 11.6 Å². The van der Waals surface area contributed by atoms with Gasteiger partial charge in [-0.15, -0.1) is 21.8 Å². The molecule has 1 aliphatic heterocycles. The number of nitrogens with zero attached hydrogens (tertiary/aromatic N) is 4. The summed E-state index contributed by atoms with van der Waals surface area (Å²) in [5.41, 5.74) is 3.53. The molecule has 0 spiro atoms. The lowest BCUT2D eigenvalue weighted by atomic mass is 9.76. The number of hydrogen-bond donors (Lipinski definition) is 1. The van der Waals surface area contributed by atoms with Crippen molar-refractivity contribution in [3.8, 4) is 11.6 Å². The number of aromatic nitrogens is 4. The summed E-state index contributed by atoms with van der Waals surface area (Å²) in [7, 11) is 0. The minimum absolute atomic E-state index is 0.138. The number of halogens is 1. The third kappa shape index (κ3) is 3.51. The van der Waals surface area contributed by atoms with E-state index in [4.69, 9.17) is 16.3 Å². The topological polar surface area (TPSA) is 64.9 Å². The van der Waals surface area contributed by atoms with Crippen molar-refractivity contribution in [3.63, 3.8) is 0 Å². The number of pyridine rings is 1. The SMILES string of the molecule is CC1CC(Cl)(c2ccc3c(c2)CNCc2nncn2-3)CCC1Oc1ccccn1. The molecule has 1 aromatic carbocycles. The molecule has 0 bridgehead atoms. The Hall–Kier alpha value is -2.44. The fraction of sp³-hybridized carbons (Fsp3) is 0.409. The van der Waals surface area contributed by atoms with E-state index >= 15 is 0 Å². The summed E-state index contributed by atoms with van der Waals surface area (Å²) in [5.74, 6) is 1.95. The predicted octanol–water partition coefficient (Wildman–Crippen LogP) is 3.97. The van der Waals surface area contributed by atoms with Gasteiger partial charge >= 0.3 is 0 Å². The Morgan fingerprint density at radius 3 is 3.00 bits per heavy atom. The summed E-state index contributed by atoms with van der Waals surface area (Å²) in [6, 6.07) is 12.3. The van der Waals surface area contributed by atoms with Gasteiger partial charge in [0.05, 0.1) is 17.1 Å². The van der Waals surface area contributed by atoms with Crippen LogP contribution in [0.25, 0.3) is 5.69 Å². The highest BCUT2D eigenvalue weighted by Gasteiger charge is 2.40. The summed E-state index contributed by atoms with van der Waals surface area (Å²) in [6.07, 6.45) is 6.33. The van der Waals surface area contributed by atoms with E-state index in [-0.39, 0.29) is 11.0 Å². The van der Waals surface area contributed by atoms with Crippen molar-refractivity contribution in [1.29, 1.82) is 0 Å². The number of benzene rings is 1. The molecule has 5 rings (SSSR count). The smallest absolute Gasteiger partial charge is 0.213 e. The average Bonchev–Trinajstić information content (AvgIpc) is 3.12. The van der Waals surface area contributed by atoms with Crippen LogP contribution in [-0.4, -0.2) is 25.9 Å². The summed E-state index contributed by atoms with van der Waals surface area (Å²) < 4.78 is 8.19. The largest absolute Gasteiger partial charge is 0.474 e. The molecule has 3 heterocycles. The van der Waals surface area contributed by atoms with E-state index in [0.717, 1.165) is 37.3 Å². The van der Waals surface area contributed by atoms with Crippen molar-refractivity contribution in [1.82, 2.24) is 25.1 Å². The number of hydrogen-bond acceptors (Lipinski definition) is 5. The second kappa shape index (κ2) is 7.43. The first-order valence-corrected chi connectivity index (χ1v) is 10.5. The molecule has 29 heavy (non-hydrogen) atoms. The van der Waals surface area contributed by atoms with E-state index in [2.05, 4.69) is 50.2 Å². The van der Waals surface area contributed by atoms with Crippen LogP contribution in [0.2, 0.25) is 0 Å². The molecule has 3 aromatic rings. The second-order valence-corrected chi connectivity index (χ2v) is 8.80. The highest BCUT2D eigenvalue weighted by atomic mass is 35.5. The van der Waals surface area contributed by atoms with Crippen LogP contribution < -0.4 is 10.1 Å². The standard InChI is InChI=1S/C22H24ClN5O/c1-15-11-22(23,8-7-19(15)29-21-4-2-3-9-25-21)17-5-6-18-16(10-17)12-24-13-20-27-26-14-28(18)20/h2-6,9-10,14-15,19,24H,7-8,11-13H2,1H3. The molecule has 7 heteroatoms. The Bertz CT molecular complexity index is 1010.